The lowest BCUT2D eigenvalue weighted by atomic mass is 9.99. The van der Waals surface area contributed by atoms with Gasteiger partial charge in [0.2, 0.25) is 0 Å². The highest BCUT2D eigenvalue weighted by Gasteiger charge is 2.09. The number of nitrogens with one attached hydrogen (secondary N) is 1. The quantitative estimate of drug-likeness (QED) is 0.880. The van der Waals surface area contributed by atoms with Crippen molar-refractivity contribution in [2.24, 2.45) is 0 Å². The van der Waals surface area contributed by atoms with Gasteiger partial charge < -0.3 is 5.32 Å². The maximum atomic E-state index is 4.07. The largest absolute Gasteiger partial charge is 0.314 e. The van der Waals surface area contributed by atoms with Crippen molar-refractivity contribution in [2.75, 3.05) is 6.54 Å². The van der Waals surface area contributed by atoms with Crippen LogP contribution >= 0.6 is 15.9 Å². The molecule has 0 saturated carbocycles. The SMILES string of the molecule is CCNC(Cc1ccncc1)Cc1ccc(Br)cc1. The first kappa shape index (κ1) is 14.2. The molecule has 2 nitrogen and oxygen atoms in total. The summed E-state index contributed by atoms with van der Waals surface area (Å²) in [7, 11) is 0. The Balaban J connectivity index is 2.01. The van der Waals surface area contributed by atoms with Gasteiger partial charge in [0.1, 0.15) is 0 Å². The van der Waals surface area contributed by atoms with Gasteiger partial charge in [-0.2, -0.15) is 0 Å². The first-order valence-electron chi connectivity index (χ1n) is 6.64. The van der Waals surface area contributed by atoms with E-state index >= 15 is 0 Å². The average Bonchev–Trinajstić information content (AvgIpc) is 2.43. The fourth-order valence-electron chi connectivity index (χ4n) is 2.21. The van der Waals surface area contributed by atoms with Gasteiger partial charge in [-0.3, -0.25) is 4.98 Å². The molecule has 2 aromatic rings. The zero-order valence-electron chi connectivity index (χ0n) is 11.1. The number of nitrogens with zero attached hydrogens (tertiary/aromatic N) is 1. The fraction of sp³-hybridized carbons (Fsp3) is 0.312. The van der Waals surface area contributed by atoms with Crippen LogP contribution < -0.4 is 5.32 Å². The molecular weight excluding hydrogens is 300 g/mol. The maximum absolute atomic E-state index is 4.07. The van der Waals surface area contributed by atoms with Crippen LogP contribution in [0.4, 0.5) is 0 Å². The van der Waals surface area contributed by atoms with Gasteiger partial charge in [-0.1, -0.05) is 35.0 Å². The molecule has 0 aliphatic heterocycles. The summed E-state index contributed by atoms with van der Waals surface area (Å²) in [5.74, 6) is 0. The van der Waals surface area contributed by atoms with Gasteiger partial charge >= 0.3 is 0 Å². The van der Waals surface area contributed by atoms with Crippen LogP contribution in [0.1, 0.15) is 18.1 Å². The first-order valence-corrected chi connectivity index (χ1v) is 7.44. The molecule has 100 valence electrons. The molecule has 0 spiro atoms. The lowest BCUT2D eigenvalue weighted by Gasteiger charge is -2.18. The standard InChI is InChI=1S/C16H19BrN2/c1-2-19-16(12-14-7-9-18-10-8-14)11-13-3-5-15(17)6-4-13/h3-10,16,19H,2,11-12H2,1H3. The molecule has 0 saturated heterocycles. The number of hydrogen-bond acceptors (Lipinski definition) is 2. The first-order chi connectivity index (χ1) is 9.28. The molecular formula is C16H19BrN2. The third kappa shape index (κ3) is 4.77. The van der Waals surface area contributed by atoms with Gasteiger partial charge in [0.05, 0.1) is 0 Å². The number of pyridine rings is 1. The lowest BCUT2D eigenvalue weighted by molar-refractivity contribution is 0.521. The second-order valence-electron chi connectivity index (χ2n) is 4.64. The maximum Gasteiger partial charge on any atom is 0.0270 e. The fourth-order valence-corrected chi connectivity index (χ4v) is 2.48. The highest BCUT2D eigenvalue weighted by molar-refractivity contribution is 9.10. The van der Waals surface area contributed by atoms with Crippen LogP contribution in [-0.2, 0) is 12.8 Å². The summed E-state index contributed by atoms with van der Waals surface area (Å²) in [5, 5.41) is 3.56. The summed E-state index contributed by atoms with van der Waals surface area (Å²) < 4.78 is 1.13. The van der Waals surface area contributed by atoms with Crippen molar-refractivity contribution in [3.05, 3.63) is 64.4 Å². The minimum absolute atomic E-state index is 0.466. The second-order valence-corrected chi connectivity index (χ2v) is 5.56. The van der Waals surface area contributed by atoms with Gasteiger partial charge in [-0.05, 0) is 54.8 Å². The molecule has 1 aromatic heterocycles. The molecule has 0 amide bonds. The van der Waals surface area contributed by atoms with Gasteiger partial charge in [-0.15, -0.1) is 0 Å². The molecule has 3 heteroatoms. The van der Waals surface area contributed by atoms with Crippen molar-refractivity contribution in [3.63, 3.8) is 0 Å². The van der Waals surface area contributed by atoms with E-state index < -0.39 is 0 Å². The number of benzene rings is 1. The van der Waals surface area contributed by atoms with Crippen LogP contribution in [0.15, 0.2) is 53.3 Å². The molecule has 0 radical (unpaired) electrons. The summed E-state index contributed by atoms with van der Waals surface area (Å²) in [6, 6.07) is 13.2. The molecule has 2 rings (SSSR count). The summed E-state index contributed by atoms with van der Waals surface area (Å²) in [6.07, 6.45) is 5.80. The van der Waals surface area contributed by atoms with Crippen LogP contribution in [0.2, 0.25) is 0 Å². The van der Waals surface area contributed by atoms with E-state index in [4.69, 9.17) is 0 Å². The smallest absolute Gasteiger partial charge is 0.0270 e. The molecule has 19 heavy (non-hydrogen) atoms. The highest BCUT2D eigenvalue weighted by Crippen LogP contribution is 2.13. The third-order valence-corrected chi connectivity index (χ3v) is 3.65. The molecule has 1 aromatic carbocycles. The Morgan fingerprint density at radius 1 is 1.00 bits per heavy atom. The molecule has 0 fully saturated rings. The Hall–Kier alpha value is -1.19. The highest BCUT2D eigenvalue weighted by atomic mass is 79.9. The van der Waals surface area contributed by atoms with E-state index in [2.05, 4.69) is 69.6 Å². The zero-order chi connectivity index (χ0) is 13.5. The monoisotopic (exact) mass is 318 g/mol. The van der Waals surface area contributed by atoms with Crippen molar-refractivity contribution in [3.8, 4) is 0 Å². The van der Waals surface area contributed by atoms with Crippen molar-refractivity contribution < 1.29 is 0 Å². The third-order valence-electron chi connectivity index (χ3n) is 3.12. The van der Waals surface area contributed by atoms with Crippen molar-refractivity contribution >= 4 is 15.9 Å². The number of halogens is 1. The average molecular weight is 319 g/mol. The molecule has 1 N–H and O–H groups in total. The van der Waals surface area contributed by atoms with E-state index in [1.807, 2.05) is 12.4 Å². The Morgan fingerprint density at radius 3 is 2.16 bits per heavy atom. The van der Waals surface area contributed by atoms with Crippen molar-refractivity contribution in [1.82, 2.24) is 10.3 Å². The number of rotatable bonds is 6. The Morgan fingerprint density at radius 2 is 1.58 bits per heavy atom. The Labute approximate surface area is 123 Å². The number of likely N-dealkylation sites (N-methyl/N-ethyl adjacent to an activating group) is 1. The van der Waals surface area contributed by atoms with E-state index in [0.29, 0.717) is 6.04 Å². The molecule has 1 unspecified atom stereocenters. The van der Waals surface area contributed by atoms with Crippen molar-refractivity contribution in [1.29, 1.82) is 0 Å². The molecule has 1 heterocycles. The molecule has 0 aliphatic rings. The van der Waals surface area contributed by atoms with Gasteiger partial charge in [-0.25, -0.2) is 0 Å². The predicted octanol–water partition coefficient (Wildman–Crippen LogP) is 3.61. The van der Waals surface area contributed by atoms with Crippen LogP contribution in [0, 0.1) is 0 Å². The van der Waals surface area contributed by atoms with Gasteiger partial charge in [0.25, 0.3) is 0 Å². The normalized spacial score (nSPS) is 12.3. The van der Waals surface area contributed by atoms with Crippen LogP contribution in [0.3, 0.4) is 0 Å². The summed E-state index contributed by atoms with van der Waals surface area (Å²) >= 11 is 3.47. The predicted molar refractivity (Wildman–Crippen MR) is 83.3 cm³/mol. The molecule has 0 bridgehead atoms. The topological polar surface area (TPSA) is 24.9 Å². The van der Waals surface area contributed by atoms with E-state index in [9.17, 15) is 0 Å². The van der Waals surface area contributed by atoms with E-state index in [-0.39, 0.29) is 0 Å². The lowest BCUT2D eigenvalue weighted by Crippen LogP contribution is -2.33. The summed E-state index contributed by atoms with van der Waals surface area (Å²) in [6.45, 7) is 3.15. The van der Waals surface area contributed by atoms with Gasteiger partial charge in [0, 0.05) is 22.9 Å². The minimum Gasteiger partial charge on any atom is -0.314 e. The minimum atomic E-state index is 0.466. The van der Waals surface area contributed by atoms with Gasteiger partial charge in [0.15, 0.2) is 0 Å². The molecule has 1 atom stereocenters. The van der Waals surface area contributed by atoms with E-state index in [1.54, 1.807) is 0 Å². The van der Waals surface area contributed by atoms with E-state index in [1.165, 1.54) is 11.1 Å². The number of hydrogen-bond donors (Lipinski definition) is 1. The van der Waals surface area contributed by atoms with E-state index in [0.717, 1.165) is 23.9 Å². The second kappa shape index (κ2) is 7.41. The zero-order valence-corrected chi connectivity index (χ0v) is 12.7. The molecule has 0 aliphatic carbocycles. The Kier molecular flexibility index (Phi) is 5.55. The van der Waals surface area contributed by atoms with Crippen LogP contribution in [-0.4, -0.2) is 17.6 Å². The Bertz CT molecular complexity index is 482. The van der Waals surface area contributed by atoms with Crippen LogP contribution in [0.25, 0.3) is 0 Å². The van der Waals surface area contributed by atoms with Crippen molar-refractivity contribution in [2.45, 2.75) is 25.8 Å². The summed E-state index contributed by atoms with van der Waals surface area (Å²) in [5.41, 5.74) is 2.70. The summed E-state index contributed by atoms with van der Waals surface area (Å²) in [4.78, 5) is 4.07. The van der Waals surface area contributed by atoms with Crippen LogP contribution in [0.5, 0.6) is 0 Å². The number of aromatic nitrogens is 1.